The zero-order chi connectivity index (χ0) is 15.9. The summed E-state index contributed by atoms with van der Waals surface area (Å²) in [5.74, 6) is -0.324. The molecular formula is C17H14O5. The number of para-hydroxylation sites is 1. The van der Waals surface area contributed by atoms with E-state index >= 15 is 0 Å². The Morgan fingerprint density at radius 2 is 1.91 bits per heavy atom. The van der Waals surface area contributed by atoms with Crippen LogP contribution < -0.4 is 4.74 Å². The van der Waals surface area contributed by atoms with Gasteiger partial charge in [-0.2, -0.15) is 0 Å². The zero-order valence-electron chi connectivity index (χ0n) is 11.9. The highest BCUT2D eigenvalue weighted by atomic mass is 16.5. The molecule has 0 aliphatic carbocycles. The lowest BCUT2D eigenvalue weighted by Gasteiger charge is -2.11. The third-order valence-electron chi connectivity index (χ3n) is 2.87. The van der Waals surface area contributed by atoms with Gasteiger partial charge in [0, 0.05) is 11.1 Å². The molecular weight excluding hydrogens is 284 g/mol. The highest BCUT2D eigenvalue weighted by Gasteiger charge is 2.16. The number of carboxylic acids is 1. The predicted octanol–water partition coefficient (Wildman–Crippen LogP) is 3.36. The van der Waals surface area contributed by atoms with Crippen molar-refractivity contribution in [2.75, 3.05) is 7.11 Å². The fourth-order valence-corrected chi connectivity index (χ4v) is 1.90. The van der Waals surface area contributed by atoms with Crippen LogP contribution in [0.3, 0.4) is 0 Å². The van der Waals surface area contributed by atoms with Crippen molar-refractivity contribution in [3.05, 3.63) is 65.9 Å². The van der Waals surface area contributed by atoms with Crippen molar-refractivity contribution in [2.45, 2.75) is 0 Å². The molecule has 2 aromatic carbocycles. The van der Waals surface area contributed by atoms with Crippen LogP contribution >= 0.6 is 0 Å². The Hall–Kier alpha value is -3.08. The highest BCUT2D eigenvalue weighted by molar-refractivity contribution is 6.15. The van der Waals surface area contributed by atoms with E-state index in [2.05, 4.69) is 0 Å². The van der Waals surface area contributed by atoms with E-state index in [-0.39, 0.29) is 5.57 Å². The van der Waals surface area contributed by atoms with Gasteiger partial charge in [-0.3, -0.25) is 4.79 Å². The minimum absolute atomic E-state index is 0.0235. The maximum absolute atomic E-state index is 11.3. The van der Waals surface area contributed by atoms with Crippen LogP contribution in [0, 0.1) is 0 Å². The number of methoxy groups -OCH3 is 1. The summed E-state index contributed by atoms with van der Waals surface area (Å²) >= 11 is 0. The van der Waals surface area contributed by atoms with Crippen molar-refractivity contribution in [1.82, 2.24) is 0 Å². The first kappa shape index (κ1) is 15.3. The van der Waals surface area contributed by atoms with Crippen LogP contribution in [0.5, 0.6) is 11.5 Å². The molecule has 0 saturated carbocycles. The molecule has 112 valence electrons. The smallest absolute Gasteiger partial charge is 0.339 e. The maximum Gasteiger partial charge on any atom is 0.339 e. The second kappa shape index (κ2) is 7.08. The lowest BCUT2D eigenvalue weighted by Crippen LogP contribution is -2.02. The number of carboxylic acid groups (broad SMARTS) is 1. The number of hydrogen-bond acceptors (Lipinski definition) is 4. The van der Waals surface area contributed by atoms with Gasteiger partial charge in [-0.15, -0.1) is 0 Å². The van der Waals surface area contributed by atoms with Crippen LogP contribution in [-0.4, -0.2) is 24.5 Å². The van der Waals surface area contributed by atoms with E-state index in [1.807, 2.05) is 0 Å². The van der Waals surface area contributed by atoms with E-state index in [0.717, 1.165) is 6.26 Å². The Morgan fingerprint density at radius 3 is 2.59 bits per heavy atom. The van der Waals surface area contributed by atoms with Gasteiger partial charge in [-0.25, -0.2) is 4.79 Å². The average molecular weight is 298 g/mol. The van der Waals surface area contributed by atoms with Crippen LogP contribution in [-0.2, 0) is 9.53 Å². The molecule has 0 atom stereocenters. The molecule has 5 heteroatoms. The van der Waals surface area contributed by atoms with Gasteiger partial charge in [0.2, 0.25) is 0 Å². The second-order valence-corrected chi connectivity index (χ2v) is 4.36. The number of hydrogen-bond donors (Lipinski definition) is 1. The fourth-order valence-electron chi connectivity index (χ4n) is 1.90. The first-order valence-corrected chi connectivity index (χ1v) is 6.44. The monoisotopic (exact) mass is 298 g/mol. The molecule has 0 radical (unpaired) electrons. The van der Waals surface area contributed by atoms with Crippen molar-refractivity contribution in [3.63, 3.8) is 0 Å². The SMILES string of the molecule is CO/C=C(/C(=O)O)c1ccccc1Oc1cccc(C=O)c1. The number of aliphatic carboxylic acids is 1. The van der Waals surface area contributed by atoms with Crippen LogP contribution in [0.25, 0.3) is 5.57 Å². The number of rotatable bonds is 6. The molecule has 2 aromatic rings. The average Bonchev–Trinajstić information content (AvgIpc) is 2.53. The molecule has 0 spiro atoms. The van der Waals surface area contributed by atoms with E-state index in [9.17, 15) is 14.7 Å². The maximum atomic E-state index is 11.3. The standard InChI is InChI=1S/C17H14O5/c1-21-11-15(17(19)20)14-7-2-3-8-16(14)22-13-6-4-5-12(9-13)10-18/h2-11H,1H3,(H,19,20)/b15-11+. The highest BCUT2D eigenvalue weighted by Crippen LogP contribution is 2.30. The van der Waals surface area contributed by atoms with Crippen molar-refractivity contribution < 1.29 is 24.2 Å². The molecule has 0 saturated heterocycles. The quantitative estimate of drug-likeness (QED) is 0.503. The summed E-state index contributed by atoms with van der Waals surface area (Å²) < 4.78 is 10.5. The fraction of sp³-hybridized carbons (Fsp3) is 0.0588. The molecule has 0 fully saturated rings. The van der Waals surface area contributed by atoms with Crippen molar-refractivity contribution in [1.29, 1.82) is 0 Å². The molecule has 0 aliphatic heterocycles. The van der Waals surface area contributed by atoms with E-state index in [1.165, 1.54) is 7.11 Å². The molecule has 0 heterocycles. The van der Waals surface area contributed by atoms with Crippen molar-refractivity contribution in [3.8, 4) is 11.5 Å². The first-order valence-electron chi connectivity index (χ1n) is 6.44. The minimum atomic E-state index is -1.13. The Bertz CT molecular complexity index is 718. The number of ether oxygens (including phenoxy) is 2. The lowest BCUT2D eigenvalue weighted by atomic mass is 10.1. The Morgan fingerprint density at radius 1 is 1.14 bits per heavy atom. The van der Waals surface area contributed by atoms with Crippen molar-refractivity contribution in [2.24, 2.45) is 0 Å². The first-order chi connectivity index (χ1) is 10.7. The van der Waals surface area contributed by atoms with Gasteiger partial charge in [-0.1, -0.05) is 30.3 Å². The molecule has 22 heavy (non-hydrogen) atoms. The molecule has 0 aliphatic rings. The lowest BCUT2D eigenvalue weighted by molar-refractivity contribution is -0.130. The molecule has 1 N–H and O–H groups in total. The third kappa shape index (κ3) is 3.52. The molecule has 0 unspecified atom stereocenters. The third-order valence-corrected chi connectivity index (χ3v) is 2.87. The van der Waals surface area contributed by atoms with Gasteiger partial charge in [0.15, 0.2) is 0 Å². The summed E-state index contributed by atoms with van der Waals surface area (Å²) in [6.45, 7) is 0. The summed E-state index contributed by atoms with van der Waals surface area (Å²) in [5, 5.41) is 9.28. The van der Waals surface area contributed by atoms with Crippen LogP contribution in [0.4, 0.5) is 0 Å². The minimum Gasteiger partial charge on any atom is -0.503 e. The van der Waals surface area contributed by atoms with Gasteiger partial charge in [0.25, 0.3) is 0 Å². The van der Waals surface area contributed by atoms with Gasteiger partial charge >= 0.3 is 5.97 Å². The van der Waals surface area contributed by atoms with E-state index in [4.69, 9.17) is 9.47 Å². The number of aldehydes is 1. The number of carbonyl (C=O) groups excluding carboxylic acids is 1. The van der Waals surface area contributed by atoms with Crippen molar-refractivity contribution >= 4 is 17.8 Å². The normalized spacial score (nSPS) is 10.9. The zero-order valence-corrected chi connectivity index (χ0v) is 11.9. The van der Waals surface area contributed by atoms with E-state index in [0.29, 0.717) is 28.9 Å². The van der Waals surface area contributed by atoms with Gasteiger partial charge < -0.3 is 14.6 Å². The van der Waals surface area contributed by atoms with Crippen LogP contribution in [0.1, 0.15) is 15.9 Å². The Kier molecular flexibility index (Phi) is 4.93. The number of benzene rings is 2. The summed E-state index contributed by atoms with van der Waals surface area (Å²) in [4.78, 5) is 22.1. The van der Waals surface area contributed by atoms with E-state index in [1.54, 1.807) is 48.5 Å². The molecule has 0 aromatic heterocycles. The van der Waals surface area contributed by atoms with Crippen LogP contribution in [0.15, 0.2) is 54.8 Å². The summed E-state index contributed by atoms with van der Waals surface area (Å²) in [6.07, 6.45) is 1.86. The van der Waals surface area contributed by atoms with E-state index < -0.39 is 5.97 Å². The molecule has 0 bridgehead atoms. The molecule has 0 amide bonds. The van der Waals surface area contributed by atoms with Gasteiger partial charge in [0.05, 0.1) is 13.4 Å². The van der Waals surface area contributed by atoms with Gasteiger partial charge in [0.1, 0.15) is 23.4 Å². The summed E-state index contributed by atoms with van der Waals surface area (Å²) in [6, 6.07) is 13.3. The Labute approximate surface area is 127 Å². The predicted molar refractivity (Wildman–Crippen MR) is 81.0 cm³/mol. The molecule has 2 rings (SSSR count). The second-order valence-electron chi connectivity index (χ2n) is 4.36. The summed E-state index contributed by atoms with van der Waals surface area (Å²) in [7, 11) is 1.37. The number of carbonyl (C=O) groups is 2. The topological polar surface area (TPSA) is 72.8 Å². The largest absolute Gasteiger partial charge is 0.503 e. The van der Waals surface area contributed by atoms with Gasteiger partial charge in [-0.05, 0) is 18.2 Å². The van der Waals surface area contributed by atoms with Crippen LogP contribution in [0.2, 0.25) is 0 Å². The Balaban J connectivity index is 2.41. The molecule has 5 nitrogen and oxygen atoms in total. The summed E-state index contributed by atoms with van der Waals surface area (Å²) in [5.41, 5.74) is 0.832.